The van der Waals surface area contributed by atoms with Crippen LogP contribution in [0.1, 0.15) is 16.7 Å². The molecule has 1 atom stereocenters. The van der Waals surface area contributed by atoms with E-state index >= 15 is 0 Å². The molecule has 1 fully saturated rings. The lowest BCUT2D eigenvalue weighted by Gasteiger charge is -2.23. The molecule has 3 rings (SSSR count). The quantitative estimate of drug-likeness (QED) is 0.809. The van der Waals surface area contributed by atoms with Gasteiger partial charge in [-0.25, -0.2) is 0 Å². The number of furan rings is 1. The van der Waals surface area contributed by atoms with Crippen LogP contribution >= 0.6 is 11.8 Å². The van der Waals surface area contributed by atoms with Crippen LogP contribution < -0.4 is 4.74 Å². The molecule has 2 heterocycles. The van der Waals surface area contributed by atoms with Gasteiger partial charge in [0.25, 0.3) is 0 Å². The molecule has 2 aromatic rings. The van der Waals surface area contributed by atoms with Crippen molar-refractivity contribution in [2.75, 3.05) is 19.4 Å². The van der Waals surface area contributed by atoms with Gasteiger partial charge in [0, 0.05) is 18.4 Å². The Morgan fingerprint density at radius 1 is 1.36 bits per heavy atom. The first kappa shape index (κ1) is 14.8. The molecule has 0 N–H and O–H groups in total. The lowest BCUT2D eigenvalue weighted by molar-refractivity contribution is -0.126. The predicted molar refractivity (Wildman–Crippen MR) is 87.6 cm³/mol. The number of hydrogen-bond acceptors (Lipinski definition) is 4. The summed E-state index contributed by atoms with van der Waals surface area (Å²) in [6, 6.07) is 11.5. The first-order chi connectivity index (χ1) is 10.8. The van der Waals surface area contributed by atoms with Crippen LogP contribution in [0.15, 0.2) is 53.2 Å². The van der Waals surface area contributed by atoms with Crippen LogP contribution in [0.25, 0.3) is 6.08 Å². The van der Waals surface area contributed by atoms with Crippen molar-refractivity contribution >= 4 is 23.7 Å². The normalized spacial score (nSPS) is 18.0. The smallest absolute Gasteiger partial charge is 0.247 e. The minimum Gasteiger partial charge on any atom is -0.497 e. The zero-order valence-electron chi connectivity index (χ0n) is 12.3. The number of benzene rings is 1. The number of carbonyl (C=O) groups is 1. The van der Waals surface area contributed by atoms with Crippen LogP contribution in [0.5, 0.6) is 5.75 Å². The Morgan fingerprint density at radius 3 is 2.86 bits per heavy atom. The van der Waals surface area contributed by atoms with Crippen LogP contribution in [0.3, 0.4) is 0 Å². The molecule has 0 aliphatic carbocycles. The van der Waals surface area contributed by atoms with E-state index in [0.717, 1.165) is 23.6 Å². The number of nitrogens with zero attached hydrogens (tertiary/aromatic N) is 1. The van der Waals surface area contributed by atoms with Crippen LogP contribution in [-0.2, 0) is 4.79 Å². The number of hydrogen-bond donors (Lipinski definition) is 0. The van der Waals surface area contributed by atoms with E-state index < -0.39 is 0 Å². The van der Waals surface area contributed by atoms with Crippen LogP contribution in [-0.4, -0.2) is 30.2 Å². The van der Waals surface area contributed by atoms with E-state index in [4.69, 9.17) is 9.15 Å². The minimum absolute atomic E-state index is 0.00205. The Bertz CT molecular complexity index is 649. The maximum Gasteiger partial charge on any atom is 0.247 e. The van der Waals surface area contributed by atoms with Gasteiger partial charge in [0.2, 0.25) is 5.91 Å². The summed E-state index contributed by atoms with van der Waals surface area (Å²) in [5.41, 5.74) is 1.11. The van der Waals surface area contributed by atoms with E-state index in [1.807, 2.05) is 35.2 Å². The fourth-order valence-electron chi connectivity index (χ4n) is 2.38. The first-order valence-electron chi connectivity index (χ1n) is 7.05. The molecule has 114 valence electrons. The van der Waals surface area contributed by atoms with E-state index in [2.05, 4.69) is 0 Å². The van der Waals surface area contributed by atoms with Crippen LogP contribution in [0, 0.1) is 0 Å². The van der Waals surface area contributed by atoms with Gasteiger partial charge in [0.1, 0.15) is 16.9 Å². The standard InChI is InChI=1S/C17H17NO3S/c1-20-14-6-4-13(5-7-14)17-18(10-12-22-17)16(19)9-8-15-3-2-11-21-15/h2-9,11,17H,10,12H2,1H3/b9-8+/t17-/m0/s1. The lowest BCUT2D eigenvalue weighted by Crippen LogP contribution is -2.28. The average molecular weight is 315 g/mol. The zero-order valence-corrected chi connectivity index (χ0v) is 13.1. The summed E-state index contributed by atoms with van der Waals surface area (Å²) in [6.07, 6.45) is 4.87. The molecule has 1 amide bonds. The molecule has 0 spiro atoms. The molecule has 0 saturated carbocycles. The summed E-state index contributed by atoms with van der Waals surface area (Å²) in [6.45, 7) is 0.753. The number of carbonyl (C=O) groups excluding carboxylic acids is 1. The number of ether oxygens (including phenoxy) is 1. The molecular formula is C17H17NO3S. The molecule has 1 aliphatic heterocycles. The third kappa shape index (κ3) is 3.20. The van der Waals surface area contributed by atoms with Crippen molar-refractivity contribution in [1.29, 1.82) is 0 Å². The van der Waals surface area contributed by atoms with E-state index in [1.165, 1.54) is 0 Å². The van der Waals surface area contributed by atoms with E-state index in [1.54, 1.807) is 43.4 Å². The highest BCUT2D eigenvalue weighted by molar-refractivity contribution is 7.99. The minimum atomic E-state index is 0.00205. The highest BCUT2D eigenvalue weighted by Crippen LogP contribution is 2.38. The second-order valence-electron chi connectivity index (χ2n) is 4.88. The van der Waals surface area contributed by atoms with Crippen LogP contribution in [0.2, 0.25) is 0 Å². The Morgan fingerprint density at radius 2 is 2.18 bits per heavy atom. The van der Waals surface area contributed by atoms with E-state index in [0.29, 0.717) is 5.76 Å². The number of amides is 1. The molecular weight excluding hydrogens is 298 g/mol. The van der Waals surface area contributed by atoms with E-state index in [-0.39, 0.29) is 11.3 Å². The fourth-order valence-corrected chi connectivity index (χ4v) is 3.64. The van der Waals surface area contributed by atoms with Gasteiger partial charge in [0.15, 0.2) is 0 Å². The Hall–Kier alpha value is -2.14. The average Bonchev–Trinajstić information content (AvgIpc) is 3.24. The largest absolute Gasteiger partial charge is 0.497 e. The Labute approximate surface area is 133 Å². The molecule has 1 aliphatic rings. The highest BCUT2D eigenvalue weighted by atomic mass is 32.2. The predicted octanol–water partition coefficient (Wildman–Crippen LogP) is 3.58. The second-order valence-corrected chi connectivity index (χ2v) is 6.06. The van der Waals surface area contributed by atoms with Gasteiger partial charge in [-0.05, 0) is 35.9 Å². The maximum absolute atomic E-state index is 12.4. The van der Waals surface area contributed by atoms with Gasteiger partial charge < -0.3 is 14.1 Å². The molecule has 0 unspecified atom stereocenters. The van der Waals surface area contributed by atoms with Crippen molar-refractivity contribution in [2.24, 2.45) is 0 Å². The van der Waals surface area contributed by atoms with Crippen molar-refractivity contribution < 1.29 is 13.9 Å². The Balaban J connectivity index is 1.73. The van der Waals surface area contributed by atoms with Gasteiger partial charge in [-0.1, -0.05) is 12.1 Å². The summed E-state index contributed by atoms with van der Waals surface area (Å²) >= 11 is 1.78. The molecule has 5 heteroatoms. The van der Waals surface area contributed by atoms with Crippen molar-refractivity contribution in [2.45, 2.75) is 5.37 Å². The molecule has 0 bridgehead atoms. The number of methoxy groups -OCH3 is 1. The van der Waals surface area contributed by atoms with Gasteiger partial charge in [-0.3, -0.25) is 4.79 Å². The molecule has 1 aromatic heterocycles. The zero-order chi connectivity index (χ0) is 15.4. The Kier molecular flexibility index (Phi) is 4.53. The van der Waals surface area contributed by atoms with Gasteiger partial charge >= 0.3 is 0 Å². The molecule has 1 aromatic carbocycles. The van der Waals surface area contributed by atoms with Gasteiger partial charge in [-0.15, -0.1) is 11.8 Å². The monoisotopic (exact) mass is 315 g/mol. The topological polar surface area (TPSA) is 42.7 Å². The number of thioether (sulfide) groups is 1. The fraction of sp³-hybridized carbons (Fsp3) is 0.235. The molecule has 22 heavy (non-hydrogen) atoms. The molecule has 1 saturated heterocycles. The highest BCUT2D eigenvalue weighted by Gasteiger charge is 2.29. The molecule has 0 radical (unpaired) electrons. The molecule has 4 nitrogen and oxygen atoms in total. The summed E-state index contributed by atoms with van der Waals surface area (Å²) in [5, 5.41) is 0.0552. The SMILES string of the molecule is COc1ccc([C@@H]2SCCN2C(=O)/C=C/c2ccco2)cc1. The summed E-state index contributed by atoms with van der Waals surface area (Å²) in [4.78, 5) is 14.3. The van der Waals surface area contributed by atoms with Crippen molar-refractivity contribution in [3.8, 4) is 5.75 Å². The number of rotatable bonds is 4. The maximum atomic E-state index is 12.4. The van der Waals surface area contributed by atoms with Gasteiger partial charge in [-0.2, -0.15) is 0 Å². The first-order valence-corrected chi connectivity index (χ1v) is 8.10. The lowest BCUT2D eigenvalue weighted by atomic mass is 10.2. The van der Waals surface area contributed by atoms with E-state index in [9.17, 15) is 4.79 Å². The van der Waals surface area contributed by atoms with Crippen molar-refractivity contribution in [3.05, 3.63) is 60.1 Å². The summed E-state index contributed by atoms with van der Waals surface area (Å²) in [7, 11) is 1.65. The van der Waals surface area contributed by atoms with Gasteiger partial charge in [0.05, 0.1) is 13.4 Å². The summed E-state index contributed by atoms with van der Waals surface area (Å²) in [5.74, 6) is 2.45. The third-order valence-corrected chi connectivity index (χ3v) is 4.77. The second kappa shape index (κ2) is 6.75. The van der Waals surface area contributed by atoms with Crippen molar-refractivity contribution in [3.63, 3.8) is 0 Å². The third-order valence-electron chi connectivity index (χ3n) is 3.51. The summed E-state index contributed by atoms with van der Waals surface area (Å²) < 4.78 is 10.4. The van der Waals surface area contributed by atoms with Crippen LogP contribution in [0.4, 0.5) is 0 Å². The van der Waals surface area contributed by atoms with Crippen molar-refractivity contribution in [1.82, 2.24) is 4.90 Å².